The molecule has 34 heavy (non-hydrogen) atoms. The number of primary amides is 1. The first-order chi connectivity index (χ1) is 16.5. The molecule has 4 heterocycles. The van der Waals surface area contributed by atoms with E-state index in [2.05, 4.69) is 40.7 Å². The van der Waals surface area contributed by atoms with Crippen LogP contribution in [0.1, 0.15) is 29.3 Å². The third kappa shape index (κ3) is 4.32. The highest BCUT2D eigenvalue weighted by atomic mass is 16.5. The van der Waals surface area contributed by atoms with E-state index in [1.54, 1.807) is 0 Å². The minimum absolute atomic E-state index is 0.0999. The molecule has 170 valence electrons. The maximum Gasteiger partial charge on any atom is 0.255 e. The van der Waals surface area contributed by atoms with Gasteiger partial charge >= 0.3 is 0 Å². The Hall–Kier alpha value is -4.26. The fourth-order valence-corrected chi connectivity index (χ4v) is 4.16. The molecule has 0 aromatic carbocycles. The molecule has 0 aliphatic heterocycles. The first-order valence-corrected chi connectivity index (χ1v) is 11.2. The molecule has 0 bridgehead atoms. The zero-order chi connectivity index (χ0) is 23.7. The van der Waals surface area contributed by atoms with E-state index in [0.717, 1.165) is 51.7 Å². The zero-order valence-electron chi connectivity index (χ0n) is 19.1. The van der Waals surface area contributed by atoms with Gasteiger partial charge < -0.3 is 10.5 Å². The number of hydrogen-bond acceptors (Lipinski definition) is 5. The minimum atomic E-state index is -0.493. The number of imidazole rings is 1. The maximum atomic E-state index is 11.0. The zero-order valence-corrected chi connectivity index (χ0v) is 19.1. The molecule has 5 rings (SSSR count). The van der Waals surface area contributed by atoms with E-state index in [1.165, 1.54) is 0 Å². The second-order valence-corrected chi connectivity index (χ2v) is 8.44. The Labute approximate surface area is 197 Å². The summed E-state index contributed by atoms with van der Waals surface area (Å²) in [6.45, 7) is 3.92. The Balaban J connectivity index is 1.54. The number of rotatable bonds is 6. The molecule has 1 aliphatic rings. The maximum absolute atomic E-state index is 11.0. The van der Waals surface area contributed by atoms with Crippen molar-refractivity contribution < 1.29 is 9.53 Å². The highest BCUT2D eigenvalue weighted by Crippen LogP contribution is 2.34. The highest BCUT2D eigenvalue weighted by Gasteiger charge is 2.20. The molecule has 0 radical (unpaired) electrons. The summed E-state index contributed by atoms with van der Waals surface area (Å²) in [6, 6.07) is 14.3. The van der Waals surface area contributed by atoms with Crippen molar-refractivity contribution in [3.05, 3.63) is 95.8 Å². The predicted molar refractivity (Wildman–Crippen MR) is 131 cm³/mol. The van der Waals surface area contributed by atoms with Crippen LogP contribution in [-0.2, 0) is 9.53 Å². The highest BCUT2D eigenvalue weighted by molar-refractivity contribution is 5.81. The summed E-state index contributed by atoms with van der Waals surface area (Å²) < 4.78 is 7.51. The standard InChI is InChI=1S/C27H25N5O2/c1-17-11-13-32-25(14-17)31-26(22-5-3-4-18(2)30-22)27(32)20-10-12-29-23(15-20)19-6-8-21(9-7-19)34-16-24(28)33/h3-6,8-15,19H,7,16H2,1-2H3,(H2,28,33). The number of nitrogens with zero attached hydrogens (tertiary/aromatic N) is 4. The van der Waals surface area contributed by atoms with Crippen LogP contribution >= 0.6 is 0 Å². The summed E-state index contributed by atoms with van der Waals surface area (Å²) in [5, 5.41) is 0. The molecular formula is C27H25N5O2. The van der Waals surface area contributed by atoms with E-state index in [9.17, 15) is 4.79 Å². The first-order valence-electron chi connectivity index (χ1n) is 11.2. The van der Waals surface area contributed by atoms with Crippen molar-refractivity contribution >= 4 is 11.6 Å². The smallest absolute Gasteiger partial charge is 0.255 e. The van der Waals surface area contributed by atoms with Crippen LogP contribution in [0.15, 0.2) is 78.8 Å². The summed E-state index contributed by atoms with van der Waals surface area (Å²) in [5.74, 6) is 0.256. The molecule has 0 saturated heterocycles. The van der Waals surface area contributed by atoms with E-state index in [4.69, 9.17) is 20.4 Å². The Bertz CT molecular complexity index is 1450. The van der Waals surface area contributed by atoms with Crippen molar-refractivity contribution in [3.8, 4) is 22.6 Å². The quantitative estimate of drug-likeness (QED) is 0.466. The molecule has 7 nitrogen and oxygen atoms in total. The lowest BCUT2D eigenvalue weighted by molar-refractivity contribution is -0.121. The van der Waals surface area contributed by atoms with Gasteiger partial charge in [0, 0.05) is 35.3 Å². The van der Waals surface area contributed by atoms with Gasteiger partial charge in [-0.15, -0.1) is 0 Å². The summed E-state index contributed by atoms with van der Waals surface area (Å²) in [4.78, 5) is 25.3. The Kier molecular flexibility index (Phi) is 5.67. The fraction of sp³-hybridized carbons (Fsp3) is 0.185. The van der Waals surface area contributed by atoms with Crippen LogP contribution < -0.4 is 5.73 Å². The molecule has 0 fully saturated rings. The van der Waals surface area contributed by atoms with E-state index in [-0.39, 0.29) is 12.5 Å². The van der Waals surface area contributed by atoms with Gasteiger partial charge in [0.15, 0.2) is 6.61 Å². The number of nitrogens with two attached hydrogens (primary N) is 1. The van der Waals surface area contributed by atoms with E-state index >= 15 is 0 Å². The molecule has 1 aliphatic carbocycles. The van der Waals surface area contributed by atoms with Gasteiger partial charge in [-0.05, 0) is 74.4 Å². The van der Waals surface area contributed by atoms with E-state index in [1.807, 2.05) is 55.6 Å². The first kappa shape index (κ1) is 21.6. The number of allylic oxidation sites excluding steroid dienone is 3. The SMILES string of the molecule is Cc1ccn2c(-c3ccnc(C4C=CC(OCC(N)=O)=CC4)c3)c(-c3cccc(C)n3)nc2c1. The molecule has 4 aromatic heterocycles. The van der Waals surface area contributed by atoms with Gasteiger partial charge in [-0.1, -0.05) is 12.1 Å². The minimum Gasteiger partial charge on any atom is -0.484 e. The van der Waals surface area contributed by atoms with E-state index in [0.29, 0.717) is 5.76 Å². The van der Waals surface area contributed by atoms with Crippen LogP contribution in [0.5, 0.6) is 0 Å². The molecule has 7 heteroatoms. The predicted octanol–water partition coefficient (Wildman–Crippen LogP) is 4.50. The number of pyridine rings is 3. The second-order valence-electron chi connectivity index (χ2n) is 8.44. The third-order valence-corrected chi connectivity index (χ3v) is 5.79. The Morgan fingerprint density at radius 2 is 2.06 bits per heavy atom. The molecule has 0 saturated carbocycles. The van der Waals surface area contributed by atoms with Gasteiger partial charge in [0.2, 0.25) is 0 Å². The normalized spacial score (nSPS) is 15.4. The number of aromatic nitrogens is 4. The fourth-order valence-electron chi connectivity index (χ4n) is 4.16. The lowest BCUT2D eigenvalue weighted by atomic mass is 9.94. The van der Waals surface area contributed by atoms with Crippen molar-refractivity contribution in [2.24, 2.45) is 5.73 Å². The number of carbonyl (C=O) groups excluding carboxylic acids is 1. The average Bonchev–Trinajstić information content (AvgIpc) is 3.22. The summed E-state index contributed by atoms with van der Waals surface area (Å²) in [5.41, 5.74) is 12.8. The van der Waals surface area contributed by atoms with Crippen LogP contribution in [0.2, 0.25) is 0 Å². The number of amides is 1. The van der Waals surface area contributed by atoms with Crippen molar-refractivity contribution in [2.45, 2.75) is 26.2 Å². The summed E-state index contributed by atoms with van der Waals surface area (Å²) in [7, 11) is 0. The van der Waals surface area contributed by atoms with Crippen molar-refractivity contribution in [3.63, 3.8) is 0 Å². The number of aryl methyl sites for hydroxylation is 2. The molecule has 1 amide bonds. The number of carbonyl (C=O) groups is 1. The van der Waals surface area contributed by atoms with Crippen LogP contribution in [0, 0.1) is 13.8 Å². The average molecular weight is 452 g/mol. The van der Waals surface area contributed by atoms with E-state index < -0.39 is 5.91 Å². The lowest BCUT2D eigenvalue weighted by Crippen LogP contribution is -2.18. The molecule has 1 atom stereocenters. The van der Waals surface area contributed by atoms with Crippen LogP contribution in [0.4, 0.5) is 0 Å². The molecule has 1 unspecified atom stereocenters. The van der Waals surface area contributed by atoms with Crippen LogP contribution in [-0.4, -0.2) is 31.9 Å². The van der Waals surface area contributed by atoms with Crippen molar-refractivity contribution in [1.82, 2.24) is 19.4 Å². The second kappa shape index (κ2) is 8.94. The monoisotopic (exact) mass is 451 g/mol. The van der Waals surface area contributed by atoms with Crippen LogP contribution in [0.3, 0.4) is 0 Å². The van der Waals surface area contributed by atoms with Gasteiger partial charge in [0.25, 0.3) is 5.91 Å². The topological polar surface area (TPSA) is 95.4 Å². The Morgan fingerprint density at radius 3 is 2.82 bits per heavy atom. The number of hydrogen-bond donors (Lipinski definition) is 1. The van der Waals surface area contributed by atoms with Gasteiger partial charge in [-0.3, -0.25) is 19.2 Å². The van der Waals surface area contributed by atoms with Gasteiger partial charge in [0.1, 0.15) is 17.1 Å². The largest absolute Gasteiger partial charge is 0.484 e. The summed E-state index contributed by atoms with van der Waals surface area (Å²) >= 11 is 0. The summed E-state index contributed by atoms with van der Waals surface area (Å²) in [6.07, 6.45) is 10.5. The lowest BCUT2D eigenvalue weighted by Gasteiger charge is -2.17. The number of fused-ring (bicyclic) bond motifs is 1. The Morgan fingerprint density at radius 1 is 1.18 bits per heavy atom. The van der Waals surface area contributed by atoms with Crippen molar-refractivity contribution in [1.29, 1.82) is 0 Å². The van der Waals surface area contributed by atoms with Gasteiger partial charge in [-0.2, -0.15) is 0 Å². The van der Waals surface area contributed by atoms with Gasteiger partial charge in [-0.25, -0.2) is 4.98 Å². The molecule has 4 aromatic rings. The molecule has 2 N–H and O–H groups in total. The molecular weight excluding hydrogens is 426 g/mol. The molecule has 0 spiro atoms. The number of ether oxygens (including phenoxy) is 1. The third-order valence-electron chi connectivity index (χ3n) is 5.79. The van der Waals surface area contributed by atoms with Crippen molar-refractivity contribution in [2.75, 3.05) is 6.61 Å². The van der Waals surface area contributed by atoms with Crippen LogP contribution in [0.25, 0.3) is 28.3 Å². The van der Waals surface area contributed by atoms with Gasteiger partial charge in [0.05, 0.1) is 11.4 Å².